The van der Waals surface area contributed by atoms with Crippen molar-refractivity contribution in [1.82, 2.24) is 4.98 Å². The maximum atomic E-state index is 4.13. The van der Waals surface area contributed by atoms with Gasteiger partial charge in [-0.15, -0.1) is 11.3 Å². The third-order valence-electron chi connectivity index (χ3n) is 2.43. The molecule has 4 heteroatoms. The van der Waals surface area contributed by atoms with Crippen molar-refractivity contribution < 1.29 is 0 Å². The summed E-state index contributed by atoms with van der Waals surface area (Å²) in [6.45, 7) is 4.24. The minimum Gasteiger partial charge on any atom is -0.376 e. The van der Waals surface area contributed by atoms with Gasteiger partial charge in [0.05, 0.1) is 17.9 Å². The molecule has 2 aromatic heterocycles. The number of nitrogens with one attached hydrogen (secondary N) is 1. The van der Waals surface area contributed by atoms with Gasteiger partial charge in [-0.1, -0.05) is 0 Å². The fourth-order valence-corrected chi connectivity index (χ4v) is 2.93. The fraction of sp³-hybridized carbons (Fsp3) is 0.250. The molecule has 0 amide bonds. The number of hydrogen-bond acceptors (Lipinski definition) is 3. The van der Waals surface area contributed by atoms with E-state index in [1.54, 1.807) is 11.3 Å². The van der Waals surface area contributed by atoms with Gasteiger partial charge in [-0.05, 0) is 47.5 Å². The molecule has 1 N–H and O–H groups in total. The summed E-state index contributed by atoms with van der Waals surface area (Å²) < 4.78 is 1.14. The topological polar surface area (TPSA) is 24.9 Å². The first-order valence-electron chi connectivity index (χ1n) is 5.08. The molecule has 0 spiro atoms. The summed E-state index contributed by atoms with van der Waals surface area (Å²) in [6.07, 6.45) is 3.68. The van der Waals surface area contributed by atoms with Crippen molar-refractivity contribution in [3.63, 3.8) is 0 Å². The Bertz CT molecular complexity index is 481. The van der Waals surface area contributed by atoms with Gasteiger partial charge >= 0.3 is 0 Å². The van der Waals surface area contributed by atoms with Gasteiger partial charge in [0, 0.05) is 20.9 Å². The molecule has 2 heterocycles. The van der Waals surface area contributed by atoms with E-state index in [-0.39, 0.29) is 0 Å². The van der Waals surface area contributed by atoms with Crippen LogP contribution in [0, 0.1) is 6.92 Å². The lowest BCUT2D eigenvalue weighted by atomic mass is 10.2. The smallest absolute Gasteiger partial charge is 0.0579 e. The van der Waals surface area contributed by atoms with Crippen LogP contribution in [0.25, 0.3) is 0 Å². The Morgan fingerprint density at radius 3 is 2.94 bits per heavy atom. The highest BCUT2D eigenvalue weighted by Crippen LogP contribution is 2.28. The molecule has 2 aromatic rings. The summed E-state index contributed by atoms with van der Waals surface area (Å²) in [5.74, 6) is 0. The Hall–Kier alpha value is -0.870. The number of pyridine rings is 1. The number of thiophene rings is 1. The van der Waals surface area contributed by atoms with Gasteiger partial charge in [-0.3, -0.25) is 4.98 Å². The lowest BCUT2D eigenvalue weighted by Crippen LogP contribution is -2.06. The molecule has 0 bridgehead atoms. The van der Waals surface area contributed by atoms with E-state index in [9.17, 15) is 0 Å². The van der Waals surface area contributed by atoms with Crippen LogP contribution in [0.5, 0.6) is 0 Å². The molecule has 0 aliphatic heterocycles. The van der Waals surface area contributed by atoms with E-state index in [0.717, 1.165) is 10.2 Å². The highest BCUT2D eigenvalue weighted by molar-refractivity contribution is 9.10. The maximum Gasteiger partial charge on any atom is 0.0579 e. The molecule has 16 heavy (non-hydrogen) atoms. The second-order valence-corrected chi connectivity index (χ2v) is 5.58. The normalized spacial score (nSPS) is 12.4. The Labute approximate surface area is 108 Å². The van der Waals surface area contributed by atoms with Crippen molar-refractivity contribution >= 4 is 33.0 Å². The average Bonchev–Trinajstić information content (AvgIpc) is 2.68. The number of nitrogens with zero attached hydrogens (tertiary/aromatic N) is 1. The zero-order valence-corrected chi connectivity index (χ0v) is 11.6. The van der Waals surface area contributed by atoms with Crippen LogP contribution in [0.2, 0.25) is 0 Å². The second kappa shape index (κ2) is 4.97. The Balaban J connectivity index is 2.13. The summed E-state index contributed by atoms with van der Waals surface area (Å²) in [5, 5.41) is 5.57. The van der Waals surface area contributed by atoms with Gasteiger partial charge in [0.25, 0.3) is 0 Å². The summed E-state index contributed by atoms with van der Waals surface area (Å²) >= 11 is 5.22. The molecule has 1 atom stereocenters. The summed E-state index contributed by atoms with van der Waals surface area (Å²) in [5.41, 5.74) is 2.32. The van der Waals surface area contributed by atoms with Crippen molar-refractivity contribution in [2.45, 2.75) is 19.9 Å². The molecule has 0 radical (unpaired) electrons. The summed E-state index contributed by atoms with van der Waals surface area (Å²) in [6, 6.07) is 4.46. The predicted molar refractivity (Wildman–Crippen MR) is 73.0 cm³/mol. The van der Waals surface area contributed by atoms with Gasteiger partial charge in [0.2, 0.25) is 0 Å². The van der Waals surface area contributed by atoms with Gasteiger partial charge in [-0.25, -0.2) is 0 Å². The Morgan fingerprint density at radius 2 is 2.31 bits per heavy atom. The summed E-state index contributed by atoms with van der Waals surface area (Å²) in [4.78, 5) is 5.44. The van der Waals surface area contributed by atoms with Crippen LogP contribution >= 0.6 is 27.3 Å². The highest BCUT2D eigenvalue weighted by Gasteiger charge is 2.08. The zero-order valence-electron chi connectivity index (χ0n) is 9.20. The maximum absolute atomic E-state index is 4.13. The van der Waals surface area contributed by atoms with E-state index in [4.69, 9.17) is 0 Å². The van der Waals surface area contributed by atoms with Crippen LogP contribution in [0.4, 0.5) is 5.69 Å². The predicted octanol–water partition coefficient (Wildman–Crippen LogP) is 4.39. The number of hydrogen-bond donors (Lipinski definition) is 1. The first-order valence-corrected chi connectivity index (χ1v) is 6.75. The van der Waals surface area contributed by atoms with E-state index >= 15 is 0 Å². The standard InChI is InChI=1S/C12H13BrN2S/c1-8-3-4-14-6-11(8)15-9(2)12-5-10(13)7-16-12/h3-7,9,15H,1-2H3. The SMILES string of the molecule is Cc1ccncc1NC(C)c1cc(Br)cs1. The van der Waals surface area contributed by atoms with Gasteiger partial charge < -0.3 is 5.32 Å². The first-order chi connectivity index (χ1) is 7.66. The average molecular weight is 297 g/mol. The largest absolute Gasteiger partial charge is 0.376 e. The third kappa shape index (κ3) is 2.62. The van der Waals surface area contributed by atoms with Crippen LogP contribution in [-0.4, -0.2) is 4.98 Å². The van der Waals surface area contributed by atoms with Crippen LogP contribution in [0.15, 0.2) is 34.4 Å². The lowest BCUT2D eigenvalue weighted by Gasteiger charge is -2.14. The summed E-state index contributed by atoms with van der Waals surface area (Å²) in [7, 11) is 0. The van der Waals surface area contributed by atoms with Crippen LogP contribution < -0.4 is 5.32 Å². The van der Waals surface area contributed by atoms with E-state index in [1.165, 1.54) is 10.4 Å². The van der Waals surface area contributed by atoms with Crippen LogP contribution in [0.1, 0.15) is 23.4 Å². The van der Waals surface area contributed by atoms with Crippen molar-refractivity contribution in [3.05, 3.63) is 44.8 Å². The molecule has 1 unspecified atom stereocenters. The van der Waals surface area contributed by atoms with Gasteiger partial charge in [0.1, 0.15) is 0 Å². The third-order valence-corrected chi connectivity index (χ3v) is 4.30. The Kier molecular flexibility index (Phi) is 3.61. The number of rotatable bonds is 3. The minimum absolute atomic E-state index is 0.305. The molecular formula is C12H13BrN2S. The Morgan fingerprint density at radius 1 is 1.50 bits per heavy atom. The van der Waals surface area contributed by atoms with E-state index < -0.39 is 0 Å². The second-order valence-electron chi connectivity index (χ2n) is 3.72. The van der Waals surface area contributed by atoms with Crippen molar-refractivity contribution in [2.24, 2.45) is 0 Å². The number of aryl methyl sites for hydroxylation is 1. The number of halogens is 1. The highest BCUT2D eigenvalue weighted by atomic mass is 79.9. The molecular weight excluding hydrogens is 284 g/mol. The fourth-order valence-electron chi connectivity index (χ4n) is 1.47. The molecule has 0 saturated carbocycles. The number of aromatic nitrogens is 1. The van der Waals surface area contributed by atoms with Crippen LogP contribution in [0.3, 0.4) is 0 Å². The molecule has 84 valence electrons. The molecule has 0 saturated heterocycles. The van der Waals surface area contributed by atoms with E-state index in [2.05, 4.69) is 51.5 Å². The molecule has 2 rings (SSSR count). The zero-order chi connectivity index (χ0) is 11.5. The minimum atomic E-state index is 0.305. The molecule has 0 aromatic carbocycles. The monoisotopic (exact) mass is 296 g/mol. The molecule has 0 aliphatic rings. The van der Waals surface area contributed by atoms with Crippen molar-refractivity contribution in [1.29, 1.82) is 0 Å². The van der Waals surface area contributed by atoms with Gasteiger partial charge in [0.15, 0.2) is 0 Å². The molecule has 0 aliphatic carbocycles. The molecule has 0 fully saturated rings. The quantitative estimate of drug-likeness (QED) is 0.909. The van der Waals surface area contributed by atoms with Crippen molar-refractivity contribution in [3.8, 4) is 0 Å². The first kappa shape index (κ1) is 11.6. The van der Waals surface area contributed by atoms with E-state index in [0.29, 0.717) is 6.04 Å². The van der Waals surface area contributed by atoms with E-state index in [1.807, 2.05) is 18.5 Å². The lowest BCUT2D eigenvalue weighted by molar-refractivity contribution is 0.902. The van der Waals surface area contributed by atoms with Crippen LogP contribution in [-0.2, 0) is 0 Å². The van der Waals surface area contributed by atoms with Gasteiger partial charge in [-0.2, -0.15) is 0 Å². The molecule has 2 nitrogen and oxygen atoms in total. The number of anilines is 1. The van der Waals surface area contributed by atoms with Crippen molar-refractivity contribution in [2.75, 3.05) is 5.32 Å².